The Hall–Kier alpha value is 6.25. The molecule has 9 heavy (non-hydrogen) atoms. The van der Waals surface area contributed by atoms with E-state index in [-0.39, 0.29) is 191 Å². The van der Waals surface area contributed by atoms with Crippen LogP contribution in [0, 0.1) is 0 Å². The van der Waals surface area contributed by atoms with E-state index in [0.29, 0.717) is 0 Å². The van der Waals surface area contributed by atoms with Gasteiger partial charge in [-0.05, 0) is 0 Å². The van der Waals surface area contributed by atoms with Crippen LogP contribution in [0.25, 0.3) is 0 Å². The Morgan fingerprint density at radius 2 is 0.222 bits per heavy atom. The topological polar surface area (TPSA) is 0 Å². The molecule has 0 aliphatic rings. The quantitative estimate of drug-likeness (QED) is 0.478. The van der Waals surface area contributed by atoms with Crippen LogP contribution in [0.1, 0.15) is 0 Å². The van der Waals surface area contributed by atoms with Gasteiger partial charge in [-0.3, -0.25) is 0 Å². The summed E-state index contributed by atoms with van der Waals surface area (Å²) in [5.41, 5.74) is 0. The van der Waals surface area contributed by atoms with E-state index < -0.39 is 0 Å². The summed E-state index contributed by atoms with van der Waals surface area (Å²) in [6.45, 7) is 0. The van der Waals surface area contributed by atoms with Gasteiger partial charge in [-0.1, -0.05) is 0 Å². The molecule has 0 amide bonds. The molecule has 0 spiro atoms. The maximum absolute atomic E-state index is 0. The Morgan fingerprint density at radius 1 is 0.222 bits per heavy atom. The van der Waals surface area contributed by atoms with Gasteiger partial charge in [-0.2, -0.15) is 0 Å². The van der Waals surface area contributed by atoms with Crippen LogP contribution in [0.5, 0.6) is 0 Å². The summed E-state index contributed by atoms with van der Waals surface area (Å²) in [6.07, 6.45) is 0. The molecule has 0 nitrogen and oxygen atoms in total. The molecule has 0 saturated carbocycles. The Morgan fingerprint density at radius 3 is 0.222 bits per heavy atom. The fourth-order valence-electron chi connectivity index (χ4n) is 0. The predicted octanol–water partition coefficient (Wildman–Crippen LogP) is -0.401. The van der Waals surface area contributed by atoms with Gasteiger partial charge in [0, 0.05) is 191 Å². The van der Waals surface area contributed by atoms with Crippen molar-refractivity contribution >= 4 is 17.4 Å². The standard InChI is InChI=1S/Al.8Ti. The van der Waals surface area contributed by atoms with E-state index in [1.54, 1.807) is 0 Å². The molecule has 0 unspecified atom stereocenters. The normalized spacial score (nSPS) is 0. The minimum absolute atomic E-state index is 0. The Balaban J connectivity index is 0. The van der Waals surface area contributed by atoms with E-state index in [9.17, 15) is 0 Å². The smallest absolute Gasteiger partial charge is 0 e. The second-order valence-corrected chi connectivity index (χ2v) is 0. The van der Waals surface area contributed by atoms with Crippen molar-refractivity contribution in [2.24, 2.45) is 0 Å². The number of hydrogen-bond acceptors (Lipinski definition) is 0. The fraction of sp³-hybridized carbons (Fsp3) is 0. The molecule has 9 heteroatoms. The van der Waals surface area contributed by atoms with E-state index in [2.05, 4.69) is 0 Å². The summed E-state index contributed by atoms with van der Waals surface area (Å²) in [5.74, 6) is 0. The first kappa shape index (κ1) is 79.3. The second kappa shape index (κ2) is 64.1. The van der Waals surface area contributed by atoms with Crippen molar-refractivity contribution in [2.45, 2.75) is 0 Å². The SMILES string of the molecule is [Al].[Ti].[Ti].[Ti].[Ti].[Ti].[Ti].[Ti].[Ti]. The largest absolute Gasteiger partial charge is 0 e. The molecule has 0 atom stereocenters. The van der Waals surface area contributed by atoms with E-state index >= 15 is 0 Å². The van der Waals surface area contributed by atoms with Crippen molar-refractivity contribution in [3.05, 3.63) is 0 Å². The Labute approximate surface area is 186 Å². The van der Waals surface area contributed by atoms with Gasteiger partial charge in [0.2, 0.25) is 0 Å². The molecule has 0 bridgehead atoms. The van der Waals surface area contributed by atoms with Crippen molar-refractivity contribution < 1.29 is 174 Å². The van der Waals surface area contributed by atoms with Crippen molar-refractivity contribution in [3.63, 3.8) is 0 Å². The average molecular weight is 410 g/mol. The van der Waals surface area contributed by atoms with Crippen LogP contribution in [0.15, 0.2) is 0 Å². The molecule has 35 valence electrons. The molecule has 0 saturated heterocycles. The van der Waals surface area contributed by atoms with Crippen molar-refractivity contribution in [2.75, 3.05) is 0 Å². The van der Waals surface area contributed by atoms with Crippen LogP contribution in [0.4, 0.5) is 0 Å². The molecule has 0 rings (SSSR count). The summed E-state index contributed by atoms with van der Waals surface area (Å²) in [4.78, 5) is 0. The average Bonchev–Trinajstić information content (AvgIpc) is 0. The molecule has 0 aromatic carbocycles. The maximum atomic E-state index is 0. The van der Waals surface area contributed by atoms with Gasteiger partial charge in [0.05, 0.1) is 0 Å². The van der Waals surface area contributed by atoms with E-state index in [1.807, 2.05) is 0 Å². The summed E-state index contributed by atoms with van der Waals surface area (Å²) in [5, 5.41) is 0. The van der Waals surface area contributed by atoms with E-state index in [0.717, 1.165) is 0 Å². The minimum Gasteiger partial charge on any atom is 0 e. The van der Waals surface area contributed by atoms with Gasteiger partial charge in [0.25, 0.3) is 0 Å². The Kier molecular flexibility index (Phi) is 565. The van der Waals surface area contributed by atoms with Gasteiger partial charge >= 0.3 is 0 Å². The molecule has 3 radical (unpaired) electrons. The number of hydrogen-bond donors (Lipinski definition) is 0. The molecule has 0 aliphatic heterocycles. The zero-order valence-electron chi connectivity index (χ0n) is 4.58. The van der Waals surface area contributed by atoms with Crippen LogP contribution >= 0.6 is 0 Å². The summed E-state index contributed by atoms with van der Waals surface area (Å²) in [6, 6.07) is 0. The van der Waals surface area contributed by atoms with Gasteiger partial charge in [-0.15, -0.1) is 0 Å². The van der Waals surface area contributed by atoms with Crippen molar-refractivity contribution in [1.82, 2.24) is 0 Å². The minimum atomic E-state index is 0. The van der Waals surface area contributed by atoms with Gasteiger partial charge in [0.1, 0.15) is 0 Å². The van der Waals surface area contributed by atoms with Crippen molar-refractivity contribution in [1.29, 1.82) is 0 Å². The first-order chi connectivity index (χ1) is 0. The van der Waals surface area contributed by atoms with Gasteiger partial charge < -0.3 is 0 Å². The number of rotatable bonds is 0. The zero-order chi connectivity index (χ0) is 0. The third kappa shape index (κ3) is 54.8. The Bertz CT molecular complexity index is 4.53. The summed E-state index contributed by atoms with van der Waals surface area (Å²) in [7, 11) is 0. The molecule has 0 N–H and O–H groups in total. The molecule has 0 aliphatic carbocycles. The van der Waals surface area contributed by atoms with Crippen LogP contribution in [0.3, 0.4) is 0 Å². The van der Waals surface area contributed by atoms with Crippen LogP contribution in [0.2, 0.25) is 0 Å². The maximum Gasteiger partial charge on any atom is 0 e. The van der Waals surface area contributed by atoms with Crippen molar-refractivity contribution in [3.8, 4) is 0 Å². The molecular weight excluding hydrogens is 410 g/mol. The van der Waals surface area contributed by atoms with Crippen LogP contribution < -0.4 is 0 Å². The molecular formula is AlTi8. The van der Waals surface area contributed by atoms with E-state index in [1.165, 1.54) is 0 Å². The van der Waals surface area contributed by atoms with Crippen LogP contribution in [-0.2, 0) is 174 Å². The van der Waals surface area contributed by atoms with Gasteiger partial charge in [0.15, 0.2) is 0 Å². The fourth-order valence-corrected chi connectivity index (χ4v) is 0. The monoisotopic (exact) mass is 411 g/mol. The second-order valence-electron chi connectivity index (χ2n) is 0. The molecule has 0 aromatic rings. The molecule has 0 fully saturated rings. The van der Waals surface area contributed by atoms with Gasteiger partial charge in [-0.25, -0.2) is 0 Å². The third-order valence-electron chi connectivity index (χ3n) is 0. The molecule has 0 aromatic heterocycles. The zero-order valence-corrected chi connectivity index (χ0v) is 18.2. The molecule has 0 heterocycles. The van der Waals surface area contributed by atoms with Crippen LogP contribution in [-0.4, -0.2) is 17.4 Å². The third-order valence-corrected chi connectivity index (χ3v) is 0. The first-order valence-corrected chi connectivity index (χ1v) is 0. The van der Waals surface area contributed by atoms with E-state index in [4.69, 9.17) is 0 Å². The summed E-state index contributed by atoms with van der Waals surface area (Å²) >= 11 is 0. The predicted molar refractivity (Wildman–Crippen MR) is 5.75 cm³/mol. The summed E-state index contributed by atoms with van der Waals surface area (Å²) < 4.78 is 0. The first-order valence-electron chi connectivity index (χ1n) is 0.